The number of amides is 2. The second-order valence-corrected chi connectivity index (χ2v) is 12.8. The number of nitrogens with two attached hydrogens (primary N) is 1. The fraction of sp³-hybridized carbons (Fsp3) is 0.515. The lowest BCUT2D eigenvalue weighted by Gasteiger charge is -2.47. The first kappa shape index (κ1) is 33.2. The van der Waals surface area contributed by atoms with E-state index in [-0.39, 0.29) is 47.1 Å². The van der Waals surface area contributed by atoms with Crippen molar-refractivity contribution in [3.8, 4) is 0 Å². The van der Waals surface area contributed by atoms with Gasteiger partial charge in [0.15, 0.2) is 0 Å². The summed E-state index contributed by atoms with van der Waals surface area (Å²) in [7, 11) is 0. The van der Waals surface area contributed by atoms with Crippen molar-refractivity contribution in [1.29, 1.82) is 5.41 Å². The van der Waals surface area contributed by atoms with E-state index >= 15 is 0 Å². The molecule has 1 heterocycles. The van der Waals surface area contributed by atoms with Gasteiger partial charge in [0.2, 0.25) is 5.91 Å². The Labute approximate surface area is 254 Å². The van der Waals surface area contributed by atoms with E-state index in [1.807, 2.05) is 37.8 Å². The molecule has 228 valence electrons. The Hall–Kier alpha value is -3.26. The summed E-state index contributed by atoms with van der Waals surface area (Å²) in [6.45, 7) is 13.0. The van der Waals surface area contributed by atoms with Crippen LogP contribution in [-0.4, -0.2) is 46.5 Å². The van der Waals surface area contributed by atoms with Crippen LogP contribution in [0.15, 0.2) is 58.6 Å². The Morgan fingerprint density at radius 3 is 2.50 bits per heavy atom. The van der Waals surface area contributed by atoms with Gasteiger partial charge < -0.3 is 16.0 Å². The third-order valence-electron chi connectivity index (χ3n) is 8.43. The molecule has 0 radical (unpaired) electrons. The molecule has 0 aromatic heterocycles. The Morgan fingerprint density at radius 1 is 1.29 bits per heavy atom. The number of halogens is 2. The van der Waals surface area contributed by atoms with Gasteiger partial charge in [0.1, 0.15) is 17.2 Å². The normalized spacial score (nSPS) is 22.6. The van der Waals surface area contributed by atoms with Crippen molar-refractivity contribution in [1.82, 2.24) is 10.2 Å². The summed E-state index contributed by atoms with van der Waals surface area (Å²) in [6.07, 6.45) is 11.4. The first-order valence-electron chi connectivity index (χ1n) is 14.7. The number of aliphatic imine (C=N–C) groups is 1. The van der Waals surface area contributed by atoms with Gasteiger partial charge in [-0.2, -0.15) is 0 Å². The van der Waals surface area contributed by atoms with E-state index in [0.29, 0.717) is 23.6 Å². The van der Waals surface area contributed by atoms with Crippen molar-refractivity contribution in [3.63, 3.8) is 0 Å². The number of rotatable bonds is 10. The number of nitrogens with zero attached hydrogens (tertiary/aromatic N) is 2. The quantitative estimate of drug-likeness (QED) is 0.121. The summed E-state index contributed by atoms with van der Waals surface area (Å²) < 4.78 is 14.0. The van der Waals surface area contributed by atoms with Crippen molar-refractivity contribution in [2.24, 2.45) is 22.1 Å². The molecule has 1 aliphatic carbocycles. The lowest BCUT2D eigenvalue weighted by Crippen LogP contribution is -2.55. The number of hydrogen-bond donors (Lipinski definition) is 3. The minimum absolute atomic E-state index is 0.0155. The van der Waals surface area contributed by atoms with Gasteiger partial charge in [0.05, 0.1) is 16.9 Å². The van der Waals surface area contributed by atoms with Gasteiger partial charge in [0.25, 0.3) is 5.91 Å². The van der Waals surface area contributed by atoms with Gasteiger partial charge in [0, 0.05) is 24.6 Å². The maximum atomic E-state index is 14.3. The van der Waals surface area contributed by atoms with E-state index in [0.717, 1.165) is 36.8 Å². The molecule has 4 N–H and O–H groups in total. The monoisotopic (exact) mass is 597 g/mol. The van der Waals surface area contributed by atoms with Crippen LogP contribution in [0.25, 0.3) is 0 Å². The lowest BCUT2D eigenvalue weighted by atomic mass is 9.69. The van der Waals surface area contributed by atoms with E-state index in [9.17, 15) is 14.0 Å². The Balaban J connectivity index is 2.05. The number of allylic oxidation sites excluding steroid dienone is 3. The van der Waals surface area contributed by atoms with Gasteiger partial charge in [-0.25, -0.2) is 4.39 Å². The number of carbonyl (C=O) groups is 2. The van der Waals surface area contributed by atoms with Gasteiger partial charge in [-0.1, -0.05) is 57.5 Å². The fourth-order valence-corrected chi connectivity index (χ4v) is 6.26. The second-order valence-electron chi connectivity index (χ2n) is 12.3. The molecule has 1 atom stereocenters. The predicted molar refractivity (Wildman–Crippen MR) is 169 cm³/mol. The zero-order valence-corrected chi connectivity index (χ0v) is 26.4. The summed E-state index contributed by atoms with van der Waals surface area (Å²) in [5.74, 6) is -0.490. The van der Waals surface area contributed by atoms with E-state index < -0.39 is 11.5 Å². The third-order valence-corrected chi connectivity index (χ3v) is 8.72. The van der Waals surface area contributed by atoms with Crippen molar-refractivity contribution in [3.05, 3.63) is 70.1 Å². The topological polar surface area (TPSA) is 112 Å². The zero-order chi connectivity index (χ0) is 31.2. The summed E-state index contributed by atoms with van der Waals surface area (Å²) in [5, 5.41) is 10.0. The van der Waals surface area contributed by atoms with E-state index in [4.69, 9.17) is 27.7 Å². The molecule has 1 unspecified atom stereocenters. The number of amidine groups is 1. The lowest BCUT2D eigenvalue weighted by molar-refractivity contribution is -0.132. The van der Waals surface area contributed by atoms with E-state index in [2.05, 4.69) is 26.1 Å². The number of hydrogen-bond acceptors (Lipinski definition) is 4. The summed E-state index contributed by atoms with van der Waals surface area (Å²) in [4.78, 5) is 33.8. The number of nitrogens with one attached hydrogen (secondary N) is 2. The molecule has 2 amide bonds. The highest BCUT2D eigenvalue weighted by Gasteiger charge is 2.52. The van der Waals surface area contributed by atoms with Gasteiger partial charge in [-0.15, -0.1) is 0 Å². The van der Waals surface area contributed by atoms with Crippen LogP contribution >= 0.6 is 11.6 Å². The Bertz CT molecular complexity index is 1320. The molecule has 9 heteroatoms. The number of carbonyl (C=O) groups excluding carboxylic acids is 2. The second kappa shape index (κ2) is 13.8. The highest BCUT2D eigenvalue weighted by molar-refractivity contribution is 6.47. The standard InChI is InChI=1S/C33H45ClFN5O2/c1-7-9-24(21(3)10-13-29(41)38-19-16-28(36)37)27(8-2)40-31(42)30(22-11-12-26(35)25(34)20-22)39-33(40)17-14-23(15-18-33)32(4,5)6/h7,9-13,20,23,27H,8,14-19H2,1-6H3,(H3,36,37)(H,38,41)/b9-7-,13-10+,24-21+. The van der Waals surface area contributed by atoms with E-state index in [1.165, 1.54) is 18.2 Å². The molecule has 1 spiro atoms. The smallest absolute Gasteiger partial charge is 0.275 e. The minimum Gasteiger partial charge on any atom is -0.388 e. The van der Waals surface area contributed by atoms with Gasteiger partial charge in [-0.05, 0) is 86.6 Å². The van der Waals surface area contributed by atoms with Crippen LogP contribution in [0.5, 0.6) is 0 Å². The largest absolute Gasteiger partial charge is 0.388 e. The Kier molecular flexibility index (Phi) is 10.9. The van der Waals surface area contributed by atoms with Crippen LogP contribution in [0, 0.1) is 22.6 Å². The molecule has 1 aromatic carbocycles. The molecule has 0 saturated heterocycles. The SMILES string of the molecule is C\C=C/C(=C(C)\C=C\C(=O)NCCC(=N)N)C(CC)N1C(=O)C(c2ccc(F)c(Cl)c2)=NC12CCC(C(C)(C)C)CC2. The van der Waals surface area contributed by atoms with Crippen LogP contribution < -0.4 is 11.1 Å². The molecular formula is C33H45ClFN5O2. The van der Waals surface area contributed by atoms with Gasteiger partial charge in [-0.3, -0.25) is 20.0 Å². The summed E-state index contributed by atoms with van der Waals surface area (Å²) in [6, 6.07) is 4.02. The van der Waals surface area contributed by atoms with Crippen molar-refractivity contribution in [2.75, 3.05) is 6.54 Å². The van der Waals surface area contributed by atoms with Crippen LogP contribution in [0.4, 0.5) is 4.39 Å². The molecule has 1 saturated carbocycles. The molecule has 2 aliphatic rings. The molecule has 0 bridgehead atoms. The first-order valence-corrected chi connectivity index (χ1v) is 15.1. The van der Waals surface area contributed by atoms with Crippen molar-refractivity contribution < 1.29 is 14.0 Å². The van der Waals surface area contributed by atoms with Crippen LogP contribution in [0.3, 0.4) is 0 Å². The van der Waals surface area contributed by atoms with Crippen molar-refractivity contribution >= 4 is 35.0 Å². The third kappa shape index (κ3) is 7.57. The predicted octanol–water partition coefficient (Wildman–Crippen LogP) is 6.71. The molecule has 1 aromatic rings. The van der Waals surface area contributed by atoms with Crippen molar-refractivity contribution in [2.45, 2.75) is 91.8 Å². The molecular weight excluding hydrogens is 553 g/mol. The maximum Gasteiger partial charge on any atom is 0.275 e. The number of benzene rings is 1. The van der Waals surface area contributed by atoms with Crippen LogP contribution in [0.2, 0.25) is 5.02 Å². The highest BCUT2D eigenvalue weighted by Crippen LogP contribution is 2.48. The average Bonchev–Trinajstić information content (AvgIpc) is 3.19. The molecule has 7 nitrogen and oxygen atoms in total. The first-order chi connectivity index (χ1) is 19.7. The fourth-order valence-electron chi connectivity index (χ4n) is 6.08. The Morgan fingerprint density at radius 2 is 1.95 bits per heavy atom. The van der Waals surface area contributed by atoms with Crippen LogP contribution in [-0.2, 0) is 9.59 Å². The van der Waals surface area contributed by atoms with E-state index in [1.54, 1.807) is 12.1 Å². The maximum absolute atomic E-state index is 14.3. The summed E-state index contributed by atoms with van der Waals surface area (Å²) in [5.41, 5.74) is 7.40. The molecule has 42 heavy (non-hydrogen) atoms. The average molecular weight is 598 g/mol. The molecule has 3 rings (SSSR count). The zero-order valence-electron chi connectivity index (χ0n) is 25.7. The summed E-state index contributed by atoms with van der Waals surface area (Å²) >= 11 is 6.12. The van der Waals surface area contributed by atoms with Crippen LogP contribution in [0.1, 0.15) is 85.6 Å². The minimum atomic E-state index is -0.726. The highest BCUT2D eigenvalue weighted by atomic mass is 35.5. The molecule has 1 aliphatic heterocycles. The molecule has 1 fully saturated rings. The van der Waals surface area contributed by atoms with Gasteiger partial charge >= 0.3 is 0 Å².